The Bertz CT molecular complexity index is 708. The first-order valence-electron chi connectivity index (χ1n) is 7.32. The minimum absolute atomic E-state index is 0.477. The van der Waals surface area contributed by atoms with Gasteiger partial charge in [0, 0.05) is 6.42 Å². The van der Waals surface area contributed by atoms with Gasteiger partial charge in [0.1, 0.15) is 0 Å². The number of benzene rings is 2. The largest absolute Gasteiger partial charge is 0.624 e. The molecule has 1 heterocycles. The molecule has 0 saturated carbocycles. The Hall–Kier alpha value is -2.49. The van der Waals surface area contributed by atoms with E-state index in [9.17, 15) is 5.21 Å². The molecule has 2 aromatic carbocycles. The smallest absolute Gasteiger partial charge is 0.199 e. The van der Waals surface area contributed by atoms with Gasteiger partial charge in [0.15, 0.2) is 23.8 Å². The van der Waals surface area contributed by atoms with Crippen LogP contribution in [-0.2, 0) is 12.8 Å². The van der Waals surface area contributed by atoms with Crippen LogP contribution in [0.3, 0.4) is 0 Å². The molecular weight excluding hydrogens is 278 g/mol. The molecule has 0 spiro atoms. The third-order valence-electron chi connectivity index (χ3n) is 4.02. The van der Waals surface area contributed by atoms with Gasteiger partial charge in [-0.3, -0.25) is 0 Å². The zero-order valence-electron chi connectivity index (χ0n) is 12.8. The number of hydroxylamine groups is 1. The predicted molar refractivity (Wildman–Crippen MR) is 86.0 cm³/mol. The van der Waals surface area contributed by atoms with Gasteiger partial charge in [0.05, 0.1) is 26.2 Å². The molecule has 1 aliphatic rings. The van der Waals surface area contributed by atoms with Crippen LogP contribution in [0.1, 0.15) is 16.7 Å². The van der Waals surface area contributed by atoms with Crippen molar-refractivity contribution in [2.45, 2.75) is 12.8 Å². The number of rotatable bonds is 4. The lowest BCUT2D eigenvalue weighted by molar-refractivity contribution is -0.459. The van der Waals surface area contributed by atoms with Gasteiger partial charge in [-0.1, -0.05) is 30.3 Å². The molecule has 0 N–H and O–H groups in total. The molecule has 22 heavy (non-hydrogen) atoms. The average molecular weight is 297 g/mol. The lowest BCUT2D eigenvalue weighted by Crippen LogP contribution is -2.28. The van der Waals surface area contributed by atoms with Crippen molar-refractivity contribution in [3.63, 3.8) is 0 Å². The van der Waals surface area contributed by atoms with Crippen molar-refractivity contribution in [2.24, 2.45) is 0 Å². The normalized spacial score (nSPS) is 13.7. The maximum atomic E-state index is 12.3. The Labute approximate surface area is 130 Å². The first-order chi connectivity index (χ1) is 10.7. The van der Waals surface area contributed by atoms with E-state index < -0.39 is 0 Å². The summed E-state index contributed by atoms with van der Waals surface area (Å²) in [4.78, 5) is 0. The van der Waals surface area contributed by atoms with Gasteiger partial charge >= 0.3 is 0 Å². The van der Waals surface area contributed by atoms with Gasteiger partial charge in [-0.05, 0) is 23.3 Å². The number of fused-ring (bicyclic) bond motifs is 1. The van der Waals surface area contributed by atoms with E-state index in [-0.39, 0.29) is 0 Å². The Morgan fingerprint density at radius 3 is 2.41 bits per heavy atom. The second kappa shape index (κ2) is 6.10. The van der Waals surface area contributed by atoms with Gasteiger partial charge < -0.3 is 14.7 Å². The summed E-state index contributed by atoms with van der Waals surface area (Å²) in [5.41, 5.74) is 4.01. The first kappa shape index (κ1) is 14.4. The summed E-state index contributed by atoms with van der Waals surface area (Å²) in [5.74, 6) is 1.36. The van der Waals surface area contributed by atoms with Crippen LogP contribution in [0.15, 0.2) is 42.5 Å². The van der Waals surface area contributed by atoms with Crippen LogP contribution in [0.4, 0.5) is 0 Å². The van der Waals surface area contributed by atoms with E-state index in [1.54, 1.807) is 14.2 Å². The summed E-state index contributed by atoms with van der Waals surface area (Å²) >= 11 is 0. The predicted octanol–water partition coefficient (Wildman–Crippen LogP) is 2.80. The van der Waals surface area contributed by atoms with Crippen LogP contribution in [-0.4, -0.2) is 31.2 Å². The topological polar surface area (TPSA) is 44.5 Å². The highest BCUT2D eigenvalue weighted by molar-refractivity contribution is 6.00. The molecule has 2 aromatic rings. The molecule has 0 atom stereocenters. The maximum Gasteiger partial charge on any atom is 0.199 e. The van der Waals surface area contributed by atoms with Crippen LogP contribution in [0, 0.1) is 5.21 Å². The summed E-state index contributed by atoms with van der Waals surface area (Å²) in [6.07, 6.45) is 1.34. The lowest BCUT2D eigenvalue weighted by Gasteiger charge is -2.21. The summed E-state index contributed by atoms with van der Waals surface area (Å²) in [6, 6.07) is 13.9. The molecule has 0 unspecified atom stereocenters. The summed E-state index contributed by atoms with van der Waals surface area (Å²) < 4.78 is 11.8. The van der Waals surface area contributed by atoms with E-state index in [4.69, 9.17) is 9.47 Å². The zero-order chi connectivity index (χ0) is 15.5. The number of nitrogens with zero attached hydrogens (tertiary/aromatic N) is 1. The molecule has 0 amide bonds. The minimum atomic E-state index is 0.477. The highest BCUT2D eigenvalue weighted by atomic mass is 16.5. The molecule has 0 radical (unpaired) electrons. The van der Waals surface area contributed by atoms with E-state index in [0.29, 0.717) is 24.5 Å². The van der Waals surface area contributed by atoms with Crippen molar-refractivity contribution in [1.82, 2.24) is 0 Å². The fourth-order valence-corrected chi connectivity index (χ4v) is 2.86. The molecule has 114 valence electrons. The van der Waals surface area contributed by atoms with Gasteiger partial charge in [0.25, 0.3) is 0 Å². The molecule has 0 fully saturated rings. The highest BCUT2D eigenvalue weighted by Gasteiger charge is 2.25. The van der Waals surface area contributed by atoms with Gasteiger partial charge in [-0.15, -0.1) is 0 Å². The van der Waals surface area contributed by atoms with Crippen molar-refractivity contribution in [3.05, 3.63) is 64.4 Å². The fourth-order valence-electron chi connectivity index (χ4n) is 2.86. The molecule has 0 bridgehead atoms. The molecule has 3 rings (SSSR count). The number of methoxy groups -OCH3 is 2. The Morgan fingerprint density at radius 1 is 1.05 bits per heavy atom. The molecule has 4 heteroatoms. The third kappa shape index (κ3) is 2.64. The second-order valence-electron chi connectivity index (χ2n) is 5.33. The van der Waals surface area contributed by atoms with E-state index in [2.05, 4.69) is 0 Å². The van der Waals surface area contributed by atoms with Crippen LogP contribution in [0.2, 0.25) is 0 Å². The van der Waals surface area contributed by atoms with Crippen LogP contribution in [0.25, 0.3) is 0 Å². The number of hydrogen-bond donors (Lipinski definition) is 0. The molecule has 4 nitrogen and oxygen atoms in total. The average Bonchev–Trinajstić information content (AvgIpc) is 2.57. The van der Waals surface area contributed by atoms with Crippen molar-refractivity contribution in [2.75, 3.05) is 20.8 Å². The van der Waals surface area contributed by atoms with Crippen molar-refractivity contribution < 1.29 is 14.2 Å². The first-order valence-corrected chi connectivity index (χ1v) is 7.32. The summed E-state index contributed by atoms with van der Waals surface area (Å²) in [7, 11) is 3.24. The Morgan fingerprint density at radius 2 is 1.73 bits per heavy atom. The van der Waals surface area contributed by atoms with Gasteiger partial charge in [-0.25, -0.2) is 4.74 Å². The van der Waals surface area contributed by atoms with E-state index in [0.717, 1.165) is 33.6 Å². The van der Waals surface area contributed by atoms with Crippen LogP contribution < -0.4 is 9.47 Å². The zero-order valence-corrected chi connectivity index (χ0v) is 12.8. The summed E-state index contributed by atoms with van der Waals surface area (Å²) in [6.45, 7) is 0.477. The molecule has 0 aromatic heterocycles. The SMILES string of the molecule is COc1cc2c(cc1OC)C(Cc1ccccc1)=[N+]([O-])CC2. The van der Waals surface area contributed by atoms with Crippen molar-refractivity contribution in [3.8, 4) is 11.5 Å². The van der Waals surface area contributed by atoms with Crippen molar-refractivity contribution >= 4 is 5.71 Å². The lowest BCUT2D eigenvalue weighted by atomic mass is 9.93. The van der Waals surface area contributed by atoms with E-state index in [1.807, 2.05) is 42.5 Å². The standard InChI is InChI=1S/C18H19NO3/c1-21-17-11-14-8-9-19(20)16(15(14)12-18(17)22-2)10-13-6-4-3-5-7-13/h3-7,11-12H,8-10H2,1-2H3. The number of ether oxygens (including phenoxy) is 2. The van der Waals surface area contributed by atoms with E-state index >= 15 is 0 Å². The quantitative estimate of drug-likeness (QED) is 0.644. The van der Waals surface area contributed by atoms with Crippen LogP contribution >= 0.6 is 0 Å². The molecular formula is C18H19NO3. The third-order valence-corrected chi connectivity index (χ3v) is 4.02. The monoisotopic (exact) mass is 297 g/mol. The molecule has 0 aliphatic carbocycles. The fraction of sp³-hybridized carbons (Fsp3) is 0.278. The Kier molecular flexibility index (Phi) is 4.00. The molecule has 0 saturated heterocycles. The minimum Gasteiger partial charge on any atom is -0.624 e. The Balaban J connectivity index is 2.05. The highest BCUT2D eigenvalue weighted by Crippen LogP contribution is 2.32. The van der Waals surface area contributed by atoms with E-state index in [1.165, 1.54) is 0 Å². The number of hydrogen-bond acceptors (Lipinski definition) is 3. The van der Waals surface area contributed by atoms with Crippen LogP contribution in [0.5, 0.6) is 11.5 Å². The maximum absolute atomic E-state index is 12.3. The summed E-state index contributed by atoms with van der Waals surface area (Å²) in [5, 5.41) is 12.3. The van der Waals surface area contributed by atoms with Gasteiger partial charge in [-0.2, -0.15) is 0 Å². The van der Waals surface area contributed by atoms with Crippen molar-refractivity contribution in [1.29, 1.82) is 0 Å². The van der Waals surface area contributed by atoms with Gasteiger partial charge in [0.2, 0.25) is 0 Å². The molecule has 1 aliphatic heterocycles. The second-order valence-corrected chi connectivity index (χ2v) is 5.33.